The second kappa shape index (κ2) is 23.7. The average Bonchev–Trinajstić information content (AvgIpc) is 3.84. The fourth-order valence-electron chi connectivity index (χ4n) is 8.07. The van der Waals surface area contributed by atoms with Crippen molar-refractivity contribution in [1.29, 1.82) is 0 Å². The van der Waals surface area contributed by atoms with Crippen molar-refractivity contribution in [2.45, 2.75) is 227 Å². The van der Waals surface area contributed by atoms with Crippen LogP contribution in [0.3, 0.4) is 0 Å². The van der Waals surface area contributed by atoms with Gasteiger partial charge in [-0.1, -0.05) is 103 Å². The van der Waals surface area contributed by atoms with Crippen LogP contribution >= 0.6 is 0 Å². The Bertz CT molecular complexity index is 1740. The van der Waals surface area contributed by atoms with Gasteiger partial charge in [-0.2, -0.15) is 0 Å². The molecule has 1 heterocycles. The SMILES string of the molecule is C=C1/C(=C/COC(C)=O)C[C@H](C)CC1O[Si](C)(C)C(C)(C)C.C=C1/C(=C\COC(C)=O)C[C@H](C)CC1O[Si](C)(C)C(C)(C)C.C=C1C(O[Si](C)(C)C(C)(C)C)C[C@@H](C)CC12OC2COC(C)=O. The van der Waals surface area contributed by atoms with Gasteiger partial charge in [-0.05, 0) is 151 Å². The number of hydrogen-bond acceptors (Lipinski definition) is 10. The molecule has 0 bridgehead atoms. The molecule has 8 atom stereocenters. The summed E-state index contributed by atoms with van der Waals surface area (Å²) in [4.78, 5) is 32.8. The standard InChI is InChI=1S/C18H32O4Si.2C18H32O3Si/c1-12-9-15(22-23(7,8)17(4,5)6)13(2)18(10-12)16(21-18)11-20-14(3)19;2*1-13-11-16(9-10-20-15(3)19)14(2)17(12-13)21-22(7,8)18(4,5)6/h12,15-16H,2,9-11H2,1,3-8H3;2*9,13,17H,2,10-12H2,1,3-8H3/b;16-9+;16-9-/t12-,15?,16?,18?;2*13-,17?/m100/s1. The van der Waals surface area contributed by atoms with Crippen molar-refractivity contribution < 1.29 is 46.6 Å². The Kier molecular flexibility index (Phi) is 21.5. The molecular formula is C54H96O10Si3. The van der Waals surface area contributed by atoms with E-state index in [1.54, 1.807) is 0 Å². The second-order valence-electron chi connectivity index (χ2n) is 24.7. The zero-order chi connectivity index (χ0) is 51.9. The number of epoxide rings is 1. The van der Waals surface area contributed by atoms with E-state index in [-0.39, 0.29) is 63.0 Å². The molecule has 0 aromatic heterocycles. The summed E-state index contributed by atoms with van der Waals surface area (Å²) in [5, 5.41) is 0.549. The summed E-state index contributed by atoms with van der Waals surface area (Å²) in [5.74, 6) is 0.866. The molecule has 0 N–H and O–H groups in total. The maximum atomic E-state index is 11.0. The molecule has 5 unspecified atom stereocenters. The van der Waals surface area contributed by atoms with E-state index in [0.29, 0.717) is 37.6 Å². The molecule has 1 saturated heterocycles. The van der Waals surface area contributed by atoms with Crippen molar-refractivity contribution in [2.75, 3.05) is 19.8 Å². The fourth-order valence-corrected chi connectivity index (χ4v) is 12.0. The molecule has 10 nitrogen and oxygen atoms in total. The van der Waals surface area contributed by atoms with E-state index in [4.69, 9.17) is 32.2 Å². The van der Waals surface area contributed by atoms with Crippen LogP contribution in [0.15, 0.2) is 59.8 Å². The van der Waals surface area contributed by atoms with Crippen molar-refractivity contribution in [3.63, 3.8) is 0 Å². The zero-order valence-corrected chi connectivity index (χ0v) is 49.3. The molecule has 0 aromatic rings. The van der Waals surface area contributed by atoms with Crippen molar-refractivity contribution in [3.05, 3.63) is 59.8 Å². The minimum Gasteiger partial charge on any atom is -0.463 e. The average molecular weight is 990 g/mol. The molecule has 1 spiro atoms. The monoisotopic (exact) mass is 989 g/mol. The summed E-state index contributed by atoms with van der Waals surface area (Å²) >= 11 is 0. The number of esters is 3. The molecule has 3 aliphatic carbocycles. The first kappa shape index (κ1) is 60.7. The predicted octanol–water partition coefficient (Wildman–Crippen LogP) is 13.8. The molecule has 0 amide bonds. The quantitative estimate of drug-likeness (QED) is 0.0615. The number of carbonyl (C=O) groups is 3. The molecule has 3 saturated carbocycles. The van der Waals surface area contributed by atoms with Crippen LogP contribution in [-0.2, 0) is 46.6 Å². The highest BCUT2D eigenvalue weighted by Gasteiger charge is 2.63. The number of rotatable bonds is 12. The summed E-state index contributed by atoms with van der Waals surface area (Å²) in [6.45, 7) is 58.8. The second-order valence-corrected chi connectivity index (χ2v) is 38.9. The molecule has 13 heteroatoms. The van der Waals surface area contributed by atoms with E-state index in [1.165, 1.54) is 31.9 Å². The molecule has 4 fully saturated rings. The highest BCUT2D eigenvalue weighted by molar-refractivity contribution is 6.75. The lowest BCUT2D eigenvalue weighted by atomic mass is 9.75. The zero-order valence-electron chi connectivity index (χ0n) is 46.3. The highest BCUT2D eigenvalue weighted by Crippen LogP contribution is 2.54. The summed E-state index contributed by atoms with van der Waals surface area (Å²) < 4.78 is 40.9. The van der Waals surface area contributed by atoms with Gasteiger partial charge in [0.05, 0.1) is 18.3 Å². The first-order valence-electron chi connectivity index (χ1n) is 24.8. The first-order chi connectivity index (χ1) is 30.3. The van der Waals surface area contributed by atoms with Crippen molar-refractivity contribution in [2.24, 2.45) is 17.8 Å². The lowest BCUT2D eigenvalue weighted by molar-refractivity contribution is -0.142. The maximum Gasteiger partial charge on any atom is 0.302 e. The van der Waals surface area contributed by atoms with E-state index in [9.17, 15) is 14.4 Å². The first-order valence-corrected chi connectivity index (χ1v) is 33.6. The van der Waals surface area contributed by atoms with E-state index in [1.807, 2.05) is 12.2 Å². The third kappa shape index (κ3) is 17.8. The molecule has 67 heavy (non-hydrogen) atoms. The molecule has 1 aliphatic heterocycles. The minimum absolute atomic E-state index is 0.0435. The maximum absolute atomic E-state index is 11.0. The van der Waals surface area contributed by atoms with Gasteiger partial charge in [0, 0.05) is 20.8 Å². The summed E-state index contributed by atoms with van der Waals surface area (Å²) in [5.41, 5.74) is 5.19. The molecule has 4 rings (SSSR count). The van der Waals surface area contributed by atoms with Crippen LogP contribution in [0, 0.1) is 17.8 Å². The van der Waals surface area contributed by atoms with Crippen molar-refractivity contribution in [1.82, 2.24) is 0 Å². The number of carbonyl (C=O) groups excluding carboxylic acids is 3. The van der Waals surface area contributed by atoms with Gasteiger partial charge in [-0.15, -0.1) is 0 Å². The van der Waals surface area contributed by atoms with Gasteiger partial charge in [0.2, 0.25) is 0 Å². The van der Waals surface area contributed by atoms with E-state index in [2.05, 4.69) is 142 Å². The Hall–Kier alpha value is -2.40. The Morgan fingerprint density at radius 2 is 0.910 bits per heavy atom. The van der Waals surface area contributed by atoms with E-state index >= 15 is 0 Å². The van der Waals surface area contributed by atoms with E-state index < -0.39 is 25.0 Å². The Labute approximate surface area is 411 Å². The molecule has 384 valence electrons. The van der Waals surface area contributed by atoms with Crippen LogP contribution in [0.1, 0.15) is 142 Å². The topological polar surface area (TPSA) is 119 Å². The van der Waals surface area contributed by atoms with Crippen LogP contribution in [0.4, 0.5) is 0 Å². The molecule has 4 aliphatic rings. The van der Waals surface area contributed by atoms with Gasteiger partial charge in [-0.3, -0.25) is 14.4 Å². The van der Waals surface area contributed by atoms with Gasteiger partial charge in [0.1, 0.15) is 31.5 Å². The van der Waals surface area contributed by atoms with Crippen LogP contribution in [0.25, 0.3) is 0 Å². The van der Waals surface area contributed by atoms with Crippen LogP contribution in [-0.4, -0.2) is 92.7 Å². The van der Waals surface area contributed by atoms with Gasteiger partial charge < -0.3 is 32.2 Å². The Balaban J connectivity index is 0.000000345. The van der Waals surface area contributed by atoms with Gasteiger partial charge in [0.15, 0.2) is 25.0 Å². The highest BCUT2D eigenvalue weighted by atomic mass is 28.4. The summed E-state index contributed by atoms with van der Waals surface area (Å²) in [7, 11) is -5.49. The fraction of sp³-hybridized carbons (Fsp3) is 0.759. The lowest BCUT2D eigenvalue weighted by Gasteiger charge is -2.43. The summed E-state index contributed by atoms with van der Waals surface area (Å²) in [6, 6.07) is 0. The molecular weight excluding hydrogens is 893 g/mol. The van der Waals surface area contributed by atoms with Crippen LogP contribution in [0.5, 0.6) is 0 Å². The van der Waals surface area contributed by atoms with Crippen LogP contribution < -0.4 is 0 Å². The predicted molar refractivity (Wildman–Crippen MR) is 282 cm³/mol. The third-order valence-corrected chi connectivity index (χ3v) is 28.8. The smallest absolute Gasteiger partial charge is 0.302 e. The number of hydrogen-bond donors (Lipinski definition) is 0. The van der Waals surface area contributed by atoms with Crippen molar-refractivity contribution >= 4 is 42.9 Å². The van der Waals surface area contributed by atoms with Crippen molar-refractivity contribution in [3.8, 4) is 0 Å². The molecule has 0 radical (unpaired) electrons. The van der Waals surface area contributed by atoms with Gasteiger partial charge in [0.25, 0.3) is 0 Å². The number of ether oxygens (including phenoxy) is 4. The summed E-state index contributed by atoms with van der Waals surface area (Å²) in [6.07, 6.45) is 10.1. The van der Waals surface area contributed by atoms with Gasteiger partial charge >= 0.3 is 17.9 Å². The molecule has 0 aromatic carbocycles. The van der Waals surface area contributed by atoms with Crippen LogP contribution in [0.2, 0.25) is 54.4 Å². The van der Waals surface area contributed by atoms with E-state index in [0.717, 1.165) is 55.2 Å². The Morgan fingerprint density at radius 3 is 1.24 bits per heavy atom. The minimum atomic E-state index is -1.86. The Morgan fingerprint density at radius 1 is 0.582 bits per heavy atom. The third-order valence-electron chi connectivity index (χ3n) is 15.4. The normalized spacial score (nSPS) is 28.6. The van der Waals surface area contributed by atoms with Gasteiger partial charge in [-0.25, -0.2) is 0 Å². The lowest BCUT2D eigenvalue weighted by Crippen LogP contribution is -2.48. The largest absolute Gasteiger partial charge is 0.463 e.